The Morgan fingerprint density at radius 2 is 2.10 bits per heavy atom. The van der Waals surface area contributed by atoms with Crippen LogP contribution < -0.4 is 0 Å². The van der Waals surface area contributed by atoms with Gasteiger partial charge in [0.25, 0.3) is 0 Å². The molecule has 1 aliphatic heterocycles. The number of hydrogen-bond donors (Lipinski definition) is 1. The number of aliphatic carboxylic acids is 1. The molecule has 3 rings (SSSR count). The summed E-state index contributed by atoms with van der Waals surface area (Å²) in [4.78, 5) is 14.0. The van der Waals surface area contributed by atoms with E-state index in [0.717, 1.165) is 45.5 Å². The molecule has 0 bridgehead atoms. The van der Waals surface area contributed by atoms with Crippen molar-refractivity contribution < 1.29 is 14.6 Å². The lowest BCUT2D eigenvalue weighted by Crippen LogP contribution is -2.36. The molecular formula is C17H29NO3. The van der Waals surface area contributed by atoms with Crippen LogP contribution in [-0.2, 0) is 9.53 Å². The highest BCUT2D eigenvalue weighted by atomic mass is 16.5. The van der Waals surface area contributed by atoms with Crippen LogP contribution in [0, 0.1) is 17.3 Å². The number of rotatable bonds is 5. The molecule has 4 heteroatoms. The second kappa shape index (κ2) is 6.25. The first-order chi connectivity index (χ1) is 10.1. The van der Waals surface area contributed by atoms with Gasteiger partial charge in [0.2, 0.25) is 0 Å². The van der Waals surface area contributed by atoms with E-state index < -0.39 is 11.4 Å². The minimum absolute atomic E-state index is 0.364. The molecule has 0 radical (unpaired) electrons. The highest BCUT2D eigenvalue weighted by Gasteiger charge is 2.54. The van der Waals surface area contributed by atoms with Gasteiger partial charge in [0.05, 0.1) is 18.1 Å². The molecule has 2 saturated carbocycles. The number of carboxylic acids is 1. The number of nitrogens with zero attached hydrogens (tertiary/aromatic N) is 1. The predicted octanol–water partition coefficient (Wildman–Crippen LogP) is 2.77. The number of likely N-dealkylation sites (tertiary alicyclic amines) is 1. The maximum Gasteiger partial charge on any atom is 0.311 e. The first-order valence-corrected chi connectivity index (χ1v) is 8.69. The quantitative estimate of drug-likeness (QED) is 0.847. The van der Waals surface area contributed by atoms with E-state index in [9.17, 15) is 9.90 Å². The monoisotopic (exact) mass is 295 g/mol. The largest absolute Gasteiger partial charge is 0.481 e. The maximum absolute atomic E-state index is 11.7. The van der Waals surface area contributed by atoms with Gasteiger partial charge in [-0.3, -0.25) is 9.69 Å². The fourth-order valence-corrected chi connectivity index (χ4v) is 4.78. The lowest BCUT2D eigenvalue weighted by Gasteiger charge is -2.29. The Balaban J connectivity index is 1.46. The molecule has 120 valence electrons. The lowest BCUT2D eigenvalue weighted by molar-refractivity contribution is -0.149. The van der Waals surface area contributed by atoms with Crippen molar-refractivity contribution in [3.05, 3.63) is 0 Å². The number of ether oxygens (including phenoxy) is 1. The number of hydrogen-bond acceptors (Lipinski definition) is 3. The Hall–Kier alpha value is -0.610. The van der Waals surface area contributed by atoms with Crippen molar-refractivity contribution >= 4 is 5.97 Å². The molecule has 2 unspecified atom stereocenters. The van der Waals surface area contributed by atoms with E-state index >= 15 is 0 Å². The SMILES string of the molecule is CC1CCCCC1OCCN1C[C@@H]2CCC[C@@]2(C(=O)O)C1. The molecule has 0 aromatic heterocycles. The third-order valence-electron chi connectivity index (χ3n) is 6.14. The summed E-state index contributed by atoms with van der Waals surface area (Å²) in [7, 11) is 0. The summed E-state index contributed by atoms with van der Waals surface area (Å²) >= 11 is 0. The molecule has 1 N–H and O–H groups in total. The Bertz CT molecular complexity index is 386. The van der Waals surface area contributed by atoms with Crippen molar-refractivity contribution in [2.45, 2.75) is 58.0 Å². The second-order valence-electron chi connectivity index (χ2n) is 7.46. The van der Waals surface area contributed by atoms with E-state index in [4.69, 9.17) is 4.74 Å². The molecule has 1 heterocycles. The summed E-state index contributed by atoms with van der Waals surface area (Å²) in [6.07, 6.45) is 8.59. The Labute approximate surface area is 127 Å². The molecule has 0 aromatic rings. The van der Waals surface area contributed by atoms with E-state index in [0.29, 0.717) is 17.9 Å². The highest BCUT2D eigenvalue weighted by molar-refractivity contribution is 5.76. The molecule has 4 atom stereocenters. The van der Waals surface area contributed by atoms with Gasteiger partial charge in [-0.2, -0.15) is 0 Å². The third-order valence-corrected chi connectivity index (χ3v) is 6.14. The molecule has 3 fully saturated rings. The molecule has 0 spiro atoms. The summed E-state index contributed by atoms with van der Waals surface area (Å²) in [6, 6.07) is 0. The first kappa shape index (κ1) is 15.3. The summed E-state index contributed by atoms with van der Waals surface area (Å²) < 4.78 is 6.08. The van der Waals surface area contributed by atoms with Crippen LogP contribution in [0.1, 0.15) is 51.9 Å². The molecule has 3 aliphatic rings. The summed E-state index contributed by atoms with van der Waals surface area (Å²) in [5.41, 5.74) is -0.446. The van der Waals surface area contributed by atoms with Gasteiger partial charge in [0, 0.05) is 19.6 Å². The van der Waals surface area contributed by atoms with Gasteiger partial charge in [-0.1, -0.05) is 26.2 Å². The minimum atomic E-state index is -0.575. The van der Waals surface area contributed by atoms with Gasteiger partial charge in [-0.25, -0.2) is 0 Å². The first-order valence-electron chi connectivity index (χ1n) is 8.69. The average molecular weight is 295 g/mol. The average Bonchev–Trinajstić information content (AvgIpc) is 2.98. The fourth-order valence-electron chi connectivity index (χ4n) is 4.78. The molecular weight excluding hydrogens is 266 g/mol. The van der Waals surface area contributed by atoms with Crippen LogP contribution in [0.15, 0.2) is 0 Å². The summed E-state index contributed by atoms with van der Waals surface area (Å²) in [6.45, 7) is 5.64. The Morgan fingerprint density at radius 1 is 1.29 bits per heavy atom. The van der Waals surface area contributed by atoms with Crippen molar-refractivity contribution in [1.29, 1.82) is 0 Å². The highest BCUT2D eigenvalue weighted by Crippen LogP contribution is 2.48. The smallest absolute Gasteiger partial charge is 0.311 e. The minimum Gasteiger partial charge on any atom is -0.481 e. The van der Waals surface area contributed by atoms with Gasteiger partial charge in [0.1, 0.15) is 0 Å². The molecule has 2 aliphatic carbocycles. The van der Waals surface area contributed by atoms with Gasteiger partial charge in [0.15, 0.2) is 0 Å². The zero-order chi connectivity index (χ0) is 14.9. The summed E-state index contributed by atoms with van der Waals surface area (Å²) in [5, 5.41) is 9.60. The molecule has 0 aromatic carbocycles. The van der Waals surface area contributed by atoms with Crippen LogP contribution in [0.4, 0.5) is 0 Å². The molecule has 0 amide bonds. The van der Waals surface area contributed by atoms with E-state index in [-0.39, 0.29) is 0 Å². The van der Waals surface area contributed by atoms with Crippen LogP contribution in [0.3, 0.4) is 0 Å². The van der Waals surface area contributed by atoms with Crippen LogP contribution in [0.25, 0.3) is 0 Å². The standard InChI is InChI=1S/C17H29NO3/c1-13-5-2-3-7-15(13)21-10-9-18-11-14-6-4-8-17(14,12-18)16(19)20/h13-15H,2-12H2,1H3,(H,19,20)/t13?,14-,15?,17+/m0/s1. The lowest BCUT2D eigenvalue weighted by atomic mass is 9.81. The molecule has 21 heavy (non-hydrogen) atoms. The van der Waals surface area contributed by atoms with Crippen molar-refractivity contribution in [3.8, 4) is 0 Å². The molecule has 1 saturated heterocycles. The summed E-state index contributed by atoms with van der Waals surface area (Å²) in [5.74, 6) is 0.472. The Morgan fingerprint density at radius 3 is 2.81 bits per heavy atom. The van der Waals surface area contributed by atoms with E-state index in [1.807, 2.05) is 0 Å². The van der Waals surface area contributed by atoms with E-state index in [1.54, 1.807) is 0 Å². The normalized spacial score (nSPS) is 40.3. The number of carboxylic acid groups (broad SMARTS) is 1. The van der Waals surface area contributed by atoms with Crippen LogP contribution in [-0.4, -0.2) is 48.3 Å². The van der Waals surface area contributed by atoms with Gasteiger partial charge < -0.3 is 9.84 Å². The number of carbonyl (C=O) groups is 1. The molecule has 4 nitrogen and oxygen atoms in total. The van der Waals surface area contributed by atoms with Crippen molar-refractivity contribution in [2.75, 3.05) is 26.2 Å². The van der Waals surface area contributed by atoms with Crippen molar-refractivity contribution in [2.24, 2.45) is 17.3 Å². The van der Waals surface area contributed by atoms with Crippen molar-refractivity contribution in [3.63, 3.8) is 0 Å². The predicted molar refractivity (Wildman–Crippen MR) is 81.2 cm³/mol. The van der Waals surface area contributed by atoms with Crippen molar-refractivity contribution in [1.82, 2.24) is 4.90 Å². The zero-order valence-electron chi connectivity index (χ0n) is 13.2. The topological polar surface area (TPSA) is 49.8 Å². The second-order valence-corrected chi connectivity index (χ2v) is 7.46. The van der Waals surface area contributed by atoms with Gasteiger partial charge in [-0.05, 0) is 37.5 Å². The van der Waals surface area contributed by atoms with E-state index in [1.165, 1.54) is 25.7 Å². The zero-order valence-corrected chi connectivity index (χ0v) is 13.2. The van der Waals surface area contributed by atoms with Crippen LogP contribution in [0.2, 0.25) is 0 Å². The fraction of sp³-hybridized carbons (Fsp3) is 0.941. The van der Waals surface area contributed by atoms with Gasteiger partial charge in [-0.15, -0.1) is 0 Å². The van der Waals surface area contributed by atoms with E-state index in [2.05, 4.69) is 11.8 Å². The Kier molecular flexibility index (Phi) is 4.55. The van der Waals surface area contributed by atoms with Gasteiger partial charge >= 0.3 is 5.97 Å². The van der Waals surface area contributed by atoms with Crippen LogP contribution >= 0.6 is 0 Å². The maximum atomic E-state index is 11.7. The van der Waals surface area contributed by atoms with Crippen LogP contribution in [0.5, 0.6) is 0 Å². The third kappa shape index (κ3) is 2.98. The number of fused-ring (bicyclic) bond motifs is 1.